The molecular formula is C15H30N2O4. The largest absolute Gasteiger partial charge is 0.382 e. The summed E-state index contributed by atoms with van der Waals surface area (Å²) in [6, 6.07) is 2.57. The quantitative estimate of drug-likeness (QED) is 0.488. The molecule has 0 aliphatic heterocycles. The second-order valence-corrected chi connectivity index (χ2v) is 5.32. The van der Waals surface area contributed by atoms with Crippen LogP contribution in [0.3, 0.4) is 0 Å². The summed E-state index contributed by atoms with van der Waals surface area (Å²) in [4.78, 5) is 0. The van der Waals surface area contributed by atoms with Crippen molar-refractivity contribution >= 4 is 0 Å². The SMILES string of the molecule is COCCOCCOCCOCCC(C)(C#N)NC(C)C. The summed E-state index contributed by atoms with van der Waals surface area (Å²) in [7, 11) is 1.64. The van der Waals surface area contributed by atoms with Gasteiger partial charge in [-0.25, -0.2) is 0 Å². The van der Waals surface area contributed by atoms with Crippen LogP contribution >= 0.6 is 0 Å². The average Bonchev–Trinajstić information content (AvgIpc) is 2.44. The van der Waals surface area contributed by atoms with Crippen molar-refractivity contribution in [3.05, 3.63) is 0 Å². The third kappa shape index (κ3) is 12.7. The van der Waals surface area contributed by atoms with E-state index < -0.39 is 5.54 Å². The molecule has 0 saturated heterocycles. The summed E-state index contributed by atoms with van der Waals surface area (Å²) in [5.74, 6) is 0. The molecule has 1 N–H and O–H groups in total. The normalized spacial score (nSPS) is 14.1. The van der Waals surface area contributed by atoms with Gasteiger partial charge in [-0.05, 0) is 20.8 Å². The maximum Gasteiger partial charge on any atom is 0.106 e. The molecule has 1 atom stereocenters. The lowest BCUT2D eigenvalue weighted by molar-refractivity contribution is 0.00196. The molecule has 0 bridgehead atoms. The molecule has 0 aliphatic rings. The Kier molecular flexibility index (Phi) is 12.5. The minimum absolute atomic E-state index is 0.274. The number of hydrogen-bond donors (Lipinski definition) is 1. The molecule has 0 fully saturated rings. The lowest BCUT2D eigenvalue weighted by Gasteiger charge is -2.25. The van der Waals surface area contributed by atoms with Crippen molar-refractivity contribution in [2.24, 2.45) is 0 Å². The summed E-state index contributed by atoms with van der Waals surface area (Å²) in [5, 5.41) is 12.4. The first-order valence-corrected chi connectivity index (χ1v) is 7.45. The second-order valence-electron chi connectivity index (χ2n) is 5.32. The van der Waals surface area contributed by atoms with Crippen LogP contribution in [0.1, 0.15) is 27.2 Å². The van der Waals surface area contributed by atoms with Gasteiger partial charge in [0, 0.05) is 26.2 Å². The molecule has 1 unspecified atom stereocenters. The van der Waals surface area contributed by atoms with E-state index in [1.807, 2.05) is 20.8 Å². The minimum Gasteiger partial charge on any atom is -0.382 e. The van der Waals surface area contributed by atoms with Gasteiger partial charge in [0.25, 0.3) is 0 Å². The summed E-state index contributed by atoms with van der Waals surface area (Å²) in [6.45, 7) is 9.86. The number of methoxy groups -OCH3 is 1. The first-order valence-electron chi connectivity index (χ1n) is 7.45. The molecule has 124 valence electrons. The van der Waals surface area contributed by atoms with Crippen LogP contribution in [0.15, 0.2) is 0 Å². The van der Waals surface area contributed by atoms with E-state index in [9.17, 15) is 5.26 Å². The van der Waals surface area contributed by atoms with Crippen LogP contribution in [0.25, 0.3) is 0 Å². The smallest absolute Gasteiger partial charge is 0.106 e. The van der Waals surface area contributed by atoms with E-state index in [1.165, 1.54) is 0 Å². The third-order valence-corrected chi connectivity index (χ3v) is 2.78. The molecule has 21 heavy (non-hydrogen) atoms. The van der Waals surface area contributed by atoms with Crippen molar-refractivity contribution in [1.29, 1.82) is 5.26 Å². The maximum atomic E-state index is 9.18. The van der Waals surface area contributed by atoms with E-state index in [4.69, 9.17) is 18.9 Å². The molecule has 0 aromatic carbocycles. The van der Waals surface area contributed by atoms with Gasteiger partial charge in [-0.1, -0.05) is 0 Å². The van der Waals surface area contributed by atoms with E-state index in [0.717, 1.165) is 0 Å². The van der Waals surface area contributed by atoms with Crippen molar-refractivity contribution in [2.45, 2.75) is 38.8 Å². The lowest BCUT2D eigenvalue weighted by Crippen LogP contribution is -2.45. The number of nitrogens with one attached hydrogen (secondary N) is 1. The molecule has 0 aromatic heterocycles. The lowest BCUT2D eigenvalue weighted by atomic mass is 9.99. The first-order chi connectivity index (χ1) is 10.0. The predicted molar refractivity (Wildman–Crippen MR) is 81.2 cm³/mol. The second kappa shape index (κ2) is 13.0. The van der Waals surface area contributed by atoms with E-state index >= 15 is 0 Å². The number of nitriles is 1. The first kappa shape index (κ1) is 20.3. The zero-order valence-electron chi connectivity index (χ0n) is 13.8. The van der Waals surface area contributed by atoms with Gasteiger partial charge >= 0.3 is 0 Å². The van der Waals surface area contributed by atoms with Crippen LogP contribution in [-0.2, 0) is 18.9 Å². The highest BCUT2D eigenvalue weighted by atomic mass is 16.6. The van der Waals surface area contributed by atoms with E-state index in [-0.39, 0.29) is 6.04 Å². The minimum atomic E-state index is -0.537. The number of ether oxygens (including phenoxy) is 4. The molecule has 0 radical (unpaired) electrons. The van der Waals surface area contributed by atoms with Gasteiger partial charge in [-0.2, -0.15) is 5.26 Å². The third-order valence-electron chi connectivity index (χ3n) is 2.78. The number of hydrogen-bond acceptors (Lipinski definition) is 6. The summed E-state index contributed by atoms with van der Waals surface area (Å²) in [5.41, 5.74) is -0.537. The summed E-state index contributed by atoms with van der Waals surface area (Å²) < 4.78 is 21.0. The predicted octanol–water partition coefficient (Wildman–Crippen LogP) is 1.35. The van der Waals surface area contributed by atoms with Gasteiger partial charge in [0.15, 0.2) is 0 Å². The van der Waals surface area contributed by atoms with Crippen LogP contribution in [0.4, 0.5) is 0 Å². The summed E-state index contributed by atoms with van der Waals surface area (Å²) >= 11 is 0. The Hall–Kier alpha value is -0.710. The monoisotopic (exact) mass is 302 g/mol. The van der Waals surface area contributed by atoms with Crippen molar-refractivity contribution in [3.8, 4) is 6.07 Å². The van der Waals surface area contributed by atoms with Crippen molar-refractivity contribution in [2.75, 3.05) is 53.4 Å². The Balaban J connectivity index is 3.41. The van der Waals surface area contributed by atoms with Crippen LogP contribution in [0, 0.1) is 11.3 Å². The maximum absolute atomic E-state index is 9.18. The number of nitrogens with zero attached hydrogens (tertiary/aromatic N) is 1. The highest BCUT2D eigenvalue weighted by Gasteiger charge is 2.23. The molecule has 6 heteroatoms. The van der Waals surface area contributed by atoms with Crippen LogP contribution in [0.5, 0.6) is 0 Å². The Morgan fingerprint density at radius 3 is 1.86 bits per heavy atom. The summed E-state index contributed by atoms with van der Waals surface area (Å²) in [6.07, 6.45) is 0.655. The van der Waals surface area contributed by atoms with Gasteiger partial charge in [0.05, 0.1) is 45.7 Å². The van der Waals surface area contributed by atoms with Crippen LogP contribution in [-0.4, -0.2) is 64.9 Å². The van der Waals surface area contributed by atoms with Gasteiger partial charge in [-0.15, -0.1) is 0 Å². The molecule has 0 aliphatic carbocycles. The zero-order valence-corrected chi connectivity index (χ0v) is 13.8. The van der Waals surface area contributed by atoms with Gasteiger partial charge < -0.3 is 18.9 Å². The molecule has 0 spiro atoms. The topological polar surface area (TPSA) is 72.7 Å². The van der Waals surface area contributed by atoms with Crippen LogP contribution in [0.2, 0.25) is 0 Å². The molecule has 6 nitrogen and oxygen atoms in total. The fourth-order valence-corrected chi connectivity index (χ4v) is 1.76. The van der Waals surface area contributed by atoms with Gasteiger partial charge in [-0.3, -0.25) is 5.32 Å². The van der Waals surface area contributed by atoms with Crippen molar-refractivity contribution in [3.63, 3.8) is 0 Å². The Bertz CT molecular complexity index is 281. The van der Waals surface area contributed by atoms with Crippen molar-refractivity contribution in [1.82, 2.24) is 5.32 Å². The standard InChI is InChI=1S/C15H30N2O4/c1-14(2)17-15(3,13-16)5-6-19-9-10-21-12-11-20-8-7-18-4/h14,17H,5-12H2,1-4H3. The fraction of sp³-hybridized carbons (Fsp3) is 0.933. The van der Waals surface area contributed by atoms with Crippen LogP contribution < -0.4 is 5.32 Å². The molecule has 0 rings (SSSR count). The molecule has 0 aromatic rings. The van der Waals surface area contributed by atoms with E-state index in [2.05, 4.69) is 11.4 Å². The van der Waals surface area contributed by atoms with Gasteiger partial charge in [0.2, 0.25) is 0 Å². The average molecular weight is 302 g/mol. The Labute approximate surface area is 128 Å². The van der Waals surface area contributed by atoms with Crippen molar-refractivity contribution < 1.29 is 18.9 Å². The molecular weight excluding hydrogens is 272 g/mol. The molecule has 0 saturated carbocycles. The van der Waals surface area contributed by atoms with E-state index in [0.29, 0.717) is 52.7 Å². The van der Waals surface area contributed by atoms with E-state index in [1.54, 1.807) is 7.11 Å². The zero-order chi connectivity index (χ0) is 16.0. The molecule has 0 heterocycles. The highest BCUT2D eigenvalue weighted by molar-refractivity contribution is 5.04. The Morgan fingerprint density at radius 1 is 0.952 bits per heavy atom. The number of rotatable bonds is 14. The van der Waals surface area contributed by atoms with Gasteiger partial charge in [0.1, 0.15) is 5.54 Å². The fourth-order valence-electron chi connectivity index (χ4n) is 1.76. The molecule has 0 amide bonds. The Morgan fingerprint density at radius 2 is 1.43 bits per heavy atom. The highest BCUT2D eigenvalue weighted by Crippen LogP contribution is 2.09.